The van der Waals surface area contributed by atoms with Crippen molar-refractivity contribution in [3.8, 4) is 11.5 Å². The van der Waals surface area contributed by atoms with E-state index in [9.17, 15) is 14.9 Å². The second kappa shape index (κ2) is 6.99. The van der Waals surface area contributed by atoms with Crippen molar-refractivity contribution in [3.05, 3.63) is 64.2 Å². The first-order valence-corrected chi connectivity index (χ1v) is 7.53. The van der Waals surface area contributed by atoms with Gasteiger partial charge in [0, 0.05) is 18.6 Å². The predicted octanol–water partition coefficient (Wildman–Crippen LogP) is 2.09. The number of hydrogen-bond acceptors (Lipinski definition) is 5. The van der Waals surface area contributed by atoms with Crippen LogP contribution in [0.25, 0.3) is 0 Å². The SMILES string of the molecule is O=C(NCCOc1ccc([N+](=O)[O-])cc1)[C@@H]1Cc2ccccc2O1. The maximum Gasteiger partial charge on any atom is 0.269 e. The van der Waals surface area contributed by atoms with Gasteiger partial charge in [-0.2, -0.15) is 0 Å². The van der Waals surface area contributed by atoms with Gasteiger partial charge in [-0.1, -0.05) is 18.2 Å². The van der Waals surface area contributed by atoms with Gasteiger partial charge in [0.15, 0.2) is 6.10 Å². The molecule has 1 atom stereocenters. The number of nitrogens with one attached hydrogen (secondary N) is 1. The molecule has 7 nitrogen and oxygen atoms in total. The standard InChI is InChI=1S/C17H16N2O5/c20-17(16-11-12-3-1-2-4-15(12)24-16)18-9-10-23-14-7-5-13(6-8-14)19(21)22/h1-8,16H,9-11H2,(H,18,20)/t16-/m0/s1. The monoisotopic (exact) mass is 328 g/mol. The Balaban J connectivity index is 1.41. The highest BCUT2D eigenvalue weighted by Gasteiger charge is 2.28. The normalized spacial score (nSPS) is 15.2. The Morgan fingerprint density at radius 3 is 2.71 bits per heavy atom. The smallest absolute Gasteiger partial charge is 0.269 e. The Bertz CT molecular complexity index is 720. The van der Waals surface area contributed by atoms with Gasteiger partial charge in [0.05, 0.1) is 11.5 Å². The Hall–Kier alpha value is -3.09. The summed E-state index contributed by atoms with van der Waals surface area (Å²) in [5.41, 5.74) is 1.04. The van der Waals surface area contributed by atoms with Gasteiger partial charge in [-0.25, -0.2) is 0 Å². The van der Waals surface area contributed by atoms with Crippen molar-refractivity contribution in [2.75, 3.05) is 13.2 Å². The van der Waals surface area contributed by atoms with E-state index in [4.69, 9.17) is 9.47 Å². The number of nitro groups is 1. The molecular weight excluding hydrogens is 312 g/mol. The Kier molecular flexibility index (Phi) is 4.60. The summed E-state index contributed by atoms with van der Waals surface area (Å²) in [6, 6.07) is 13.4. The summed E-state index contributed by atoms with van der Waals surface area (Å²) in [6.45, 7) is 0.593. The van der Waals surface area contributed by atoms with E-state index < -0.39 is 11.0 Å². The van der Waals surface area contributed by atoms with Gasteiger partial charge in [-0.15, -0.1) is 0 Å². The molecule has 2 aromatic carbocycles. The lowest BCUT2D eigenvalue weighted by Crippen LogP contribution is -2.39. The first-order valence-electron chi connectivity index (χ1n) is 7.53. The third-order valence-electron chi connectivity index (χ3n) is 3.66. The molecule has 24 heavy (non-hydrogen) atoms. The summed E-state index contributed by atoms with van der Waals surface area (Å²) >= 11 is 0. The number of hydrogen-bond donors (Lipinski definition) is 1. The lowest BCUT2D eigenvalue weighted by molar-refractivity contribution is -0.384. The van der Waals surface area contributed by atoms with E-state index in [1.54, 1.807) is 0 Å². The van der Waals surface area contributed by atoms with Crippen LogP contribution in [0.1, 0.15) is 5.56 Å². The first-order chi connectivity index (χ1) is 11.6. The fraction of sp³-hybridized carbons (Fsp3) is 0.235. The molecule has 1 aliphatic heterocycles. The number of nitrogens with zero attached hydrogens (tertiary/aromatic N) is 1. The molecule has 1 N–H and O–H groups in total. The van der Waals surface area contributed by atoms with Gasteiger partial charge in [0.25, 0.3) is 11.6 Å². The van der Waals surface area contributed by atoms with Crippen LogP contribution >= 0.6 is 0 Å². The number of ether oxygens (including phenoxy) is 2. The molecule has 0 saturated carbocycles. The molecule has 0 aliphatic carbocycles. The van der Waals surface area contributed by atoms with Crippen LogP contribution in [0.4, 0.5) is 5.69 Å². The minimum atomic E-state index is -0.512. The van der Waals surface area contributed by atoms with Gasteiger partial charge in [0.2, 0.25) is 0 Å². The Labute approximate surface area is 138 Å². The zero-order valence-electron chi connectivity index (χ0n) is 12.8. The molecule has 124 valence electrons. The van der Waals surface area contributed by atoms with Crippen molar-refractivity contribution < 1.29 is 19.2 Å². The van der Waals surface area contributed by atoms with Crippen molar-refractivity contribution in [2.24, 2.45) is 0 Å². The van der Waals surface area contributed by atoms with Crippen molar-refractivity contribution >= 4 is 11.6 Å². The Morgan fingerprint density at radius 2 is 2.00 bits per heavy atom. The minimum Gasteiger partial charge on any atom is -0.492 e. The van der Waals surface area contributed by atoms with E-state index in [1.165, 1.54) is 24.3 Å². The molecule has 0 unspecified atom stereocenters. The maximum absolute atomic E-state index is 12.1. The first kappa shape index (κ1) is 15.8. The molecule has 1 heterocycles. The van der Waals surface area contributed by atoms with Gasteiger partial charge in [-0.05, 0) is 23.8 Å². The summed E-state index contributed by atoms with van der Waals surface area (Å²) in [5.74, 6) is 1.08. The van der Waals surface area contributed by atoms with Crippen LogP contribution in [0.3, 0.4) is 0 Å². The number of benzene rings is 2. The highest BCUT2D eigenvalue weighted by molar-refractivity contribution is 5.82. The topological polar surface area (TPSA) is 90.7 Å². The lowest BCUT2D eigenvalue weighted by atomic mass is 10.1. The number of para-hydroxylation sites is 1. The Morgan fingerprint density at radius 1 is 1.25 bits per heavy atom. The molecule has 0 bridgehead atoms. The van der Waals surface area contributed by atoms with Crippen LogP contribution in [0, 0.1) is 10.1 Å². The molecule has 0 spiro atoms. The van der Waals surface area contributed by atoms with Crippen molar-refractivity contribution in [1.82, 2.24) is 5.32 Å². The molecule has 0 aromatic heterocycles. The third-order valence-corrected chi connectivity index (χ3v) is 3.66. The van der Waals surface area contributed by atoms with Gasteiger partial charge in [-0.3, -0.25) is 14.9 Å². The molecule has 7 heteroatoms. The van der Waals surface area contributed by atoms with E-state index >= 15 is 0 Å². The number of carbonyl (C=O) groups is 1. The summed E-state index contributed by atoms with van der Waals surface area (Å²) in [6.07, 6.45) is 0.0485. The van der Waals surface area contributed by atoms with Gasteiger partial charge in [0.1, 0.15) is 18.1 Å². The molecular formula is C17H16N2O5. The zero-order valence-corrected chi connectivity index (χ0v) is 12.8. The average Bonchev–Trinajstić information content (AvgIpc) is 3.03. The zero-order chi connectivity index (χ0) is 16.9. The maximum atomic E-state index is 12.1. The number of non-ortho nitro benzene ring substituents is 1. The van der Waals surface area contributed by atoms with E-state index in [1.807, 2.05) is 24.3 Å². The number of nitro benzene ring substituents is 1. The highest BCUT2D eigenvalue weighted by Crippen LogP contribution is 2.28. The van der Waals surface area contributed by atoms with Crippen molar-refractivity contribution in [1.29, 1.82) is 0 Å². The van der Waals surface area contributed by atoms with Crippen molar-refractivity contribution in [3.63, 3.8) is 0 Å². The van der Waals surface area contributed by atoms with Crippen LogP contribution in [0.15, 0.2) is 48.5 Å². The predicted molar refractivity (Wildman–Crippen MR) is 86.2 cm³/mol. The van der Waals surface area contributed by atoms with E-state index in [2.05, 4.69) is 5.32 Å². The number of carbonyl (C=O) groups excluding carboxylic acids is 1. The largest absolute Gasteiger partial charge is 0.492 e. The summed E-state index contributed by atoms with van der Waals surface area (Å²) in [7, 11) is 0. The van der Waals surface area contributed by atoms with Gasteiger partial charge >= 0.3 is 0 Å². The quantitative estimate of drug-likeness (QED) is 0.498. The average molecular weight is 328 g/mol. The van der Waals surface area contributed by atoms with Crippen LogP contribution in [-0.4, -0.2) is 30.1 Å². The molecule has 0 saturated heterocycles. The van der Waals surface area contributed by atoms with E-state index in [-0.39, 0.29) is 18.2 Å². The molecule has 0 radical (unpaired) electrons. The van der Waals surface area contributed by atoms with Gasteiger partial charge < -0.3 is 14.8 Å². The fourth-order valence-electron chi connectivity index (χ4n) is 2.45. The fourth-order valence-corrected chi connectivity index (χ4v) is 2.45. The van der Waals surface area contributed by atoms with E-state index in [0.29, 0.717) is 18.7 Å². The van der Waals surface area contributed by atoms with Crippen LogP contribution in [0.2, 0.25) is 0 Å². The second-order valence-electron chi connectivity index (χ2n) is 5.31. The summed E-state index contributed by atoms with van der Waals surface area (Å²) < 4.78 is 11.0. The molecule has 2 aromatic rings. The number of amides is 1. The van der Waals surface area contributed by atoms with Crippen LogP contribution in [-0.2, 0) is 11.2 Å². The minimum absolute atomic E-state index is 0.00796. The molecule has 3 rings (SSSR count). The summed E-state index contributed by atoms with van der Waals surface area (Å²) in [4.78, 5) is 22.2. The van der Waals surface area contributed by atoms with Crippen LogP contribution in [0.5, 0.6) is 11.5 Å². The molecule has 1 aliphatic rings. The number of rotatable bonds is 6. The third kappa shape index (κ3) is 3.62. The highest BCUT2D eigenvalue weighted by atomic mass is 16.6. The van der Waals surface area contributed by atoms with Crippen molar-refractivity contribution in [2.45, 2.75) is 12.5 Å². The van der Waals surface area contributed by atoms with Crippen LogP contribution < -0.4 is 14.8 Å². The lowest BCUT2D eigenvalue weighted by Gasteiger charge is -2.12. The number of fused-ring (bicyclic) bond motifs is 1. The second-order valence-corrected chi connectivity index (χ2v) is 5.31. The molecule has 1 amide bonds. The molecule has 0 fully saturated rings. The summed E-state index contributed by atoms with van der Waals surface area (Å²) in [5, 5.41) is 13.3. The van der Waals surface area contributed by atoms with E-state index in [0.717, 1.165) is 11.3 Å².